The zero-order valence-electron chi connectivity index (χ0n) is 16.1. The normalized spacial score (nSPS) is 22.9. The molecule has 2 aliphatic rings. The molecule has 2 fully saturated rings. The molecule has 0 spiro atoms. The molecule has 2 atom stereocenters. The van der Waals surface area contributed by atoms with E-state index in [1.54, 1.807) is 0 Å². The monoisotopic (exact) mass is 364 g/mol. The Hall–Kier alpha value is -2.37. The van der Waals surface area contributed by atoms with Gasteiger partial charge in [-0.3, -0.25) is 4.79 Å². The first-order valence-corrected chi connectivity index (χ1v) is 9.78. The molecule has 4 rings (SSSR count). The number of piperazine rings is 1. The van der Waals surface area contributed by atoms with E-state index in [4.69, 9.17) is 0 Å². The van der Waals surface area contributed by atoms with Gasteiger partial charge in [0.2, 0.25) is 5.91 Å². The van der Waals surface area contributed by atoms with Gasteiger partial charge in [0, 0.05) is 37.9 Å². The molecule has 2 N–H and O–H groups in total. The topological polar surface area (TPSA) is 47.6 Å². The van der Waals surface area contributed by atoms with Crippen molar-refractivity contribution < 1.29 is 4.79 Å². The van der Waals surface area contributed by atoms with E-state index in [0.29, 0.717) is 0 Å². The molecule has 0 bridgehead atoms. The molecule has 0 radical (unpaired) electrons. The van der Waals surface area contributed by atoms with E-state index in [1.807, 2.05) is 4.90 Å². The van der Waals surface area contributed by atoms with Gasteiger partial charge in [-0.2, -0.15) is 0 Å². The van der Waals surface area contributed by atoms with Gasteiger partial charge >= 0.3 is 0 Å². The van der Waals surface area contributed by atoms with Crippen LogP contribution in [0.25, 0.3) is 0 Å². The largest absolute Gasteiger partial charge is 0.368 e. The molecule has 1 amide bonds. The molecule has 2 heterocycles. The zero-order chi connectivity index (χ0) is 18.8. The molecule has 0 saturated carbocycles. The molecule has 5 nitrogen and oxygen atoms in total. The first-order valence-electron chi connectivity index (χ1n) is 9.78. The van der Waals surface area contributed by atoms with Gasteiger partial charge in [-0.15, -0.1) is 0 Å². The van der Waals surface area contributed by atoms with Crippen molar-refractivity contribution in [1.29, 1.82) is 0 Å². The minimum absolute atomic E-state index is 0.151. The van der Waals surface area contributed by atoms with Crippen LogP contribution in [0.15, 0.2) is 48.5 Å². The van der Waals surface area contributed by atoms with Gasteiger partial charge in [-0.1, -0.05) is 42.0 Å². The third-order valence-corrected chi connectivity index (χ3v) is 5.64. The van der Waals surface area contributed by atoms with Crippen molar-refractivity contribution in [3.8, 4) is 0 Å². The molecule has 5 heteroatoms. The van der Waals surface area contributed by atoms with Crippen molar-refractivity contribution in [2.75, 3.05) is 31.1 Å². The van der Waals surface area contributed by atoms with Crippen LogP contribution in [0.3, 0.4) is 0 Å². The molecule has 0 aromatic heterocycles. The Bertz CT molecular complexity index is 796. The fourth-order valence-corrected chi connectivity index (χ4v) is 3.97. The van der Waals surface area contributed by atoms with E-state index in [0.717, 1.165) is 32.6 Å². The van der Waals surface area contributed by atoms with Crippen LogP contribution < -0.4 is 15.8 Å². The minimum atomic E-state index is -0.151. The van der Waals surface area contributed by atoms with Gasteiger partial charge in [0.15, 0.2) is 0 Å². The maximum absolute atomic E-state index is 12.9. The van der Waals surface area contributed by atoms with Crippen LogP contribution in [0.1, 0.15) is 29.2 Å². The SMILES string of the molecule is Cc1ccc(C2CC(C(=O)N3CCN(c4cccc(C)c4)CC3)NN2)cc1. The van der Waals surface area contributed by atoms with Crippen molar-refractivity contribution in [3.05, 3.63) is 65.2 Å². The van der Waals surface area contributed by atoms with Gasteiger partial charge in [0.05, 0.1) is 0 Å². The van der Waals surface area contributed by atoms with Gasteiger partial charge in [0.25, 0.3) is 0 Å². The number of amides is 1. The van der Waals surface area contributed by atoms with E-state index in [1.165, 1.54) is 22.4 Å². The van der Waals surface area contributed by atoms with Crippen LogP contribution in [-0.4, -0.2) is 43.0 Å². The predicted molar refractivity (Wildman–Crippen MR) is 109 cm³/mol. The maximum atomic E-state index is 12.9. The van der Waals surface area contributed by atoms with Crippen LogP contribution in [0.5, 0.6) is 0 Å². The second-order valence-electron chi connectivity index (χ2n) is 7.69. The lowest BCUT2D eigenvalue weighted by molar-refractivity contribution is -0.133. The number of hydrogen-bond acceptors (Lipinski definition) is 4. The van der Waals surface area contributed by atoms with Crippen LogP contribution in [0.4, 0.5) is 5.69 Å². The number of hydrogen-bond donors (Lipinski definition) is 2. The number of aryl methyl sites for hydroxylation is 2. The van der Waals surface area contributed by atoms with E-state index < -0.39 is 0 Å². The molecule has 2 unspecified atom stereocenters. The van der Waals surface area contributed by atoms with E-state index in [9.17, 15) is 4.79 Å². The second kappa shape index (κ2) is 7.71. The standard InChI is InChI=1S/C22H28N4O/c1-16-6-8-18(9-7-16)20-15-21(24-23-20)22(27)26-12-10-25(11-13-26)19-5-3-4-17(2)14-19/h3-9,14,20-21,23-24H,10-13,15H2,1-2H3. The third kappa shape index (κ3) is 3.99. The first-order chi connectivity index (χ1) is 13.1. The van der Waals surface area contributed by atoms with Crippen LogP contribution in [0, 0.1) is 13.8 Å². The van der Waals surface area contributed by atoms with Crippen LogP contribution in [-0.2, 0) is 4.79 Å². The highest BCUT2D eigenvalue weighted by Crippen LogP contribution is 2.24. The summed E-state index contributed by atoms with van der Waals surface area (Å²) >= 11 is 0. The molecular weight excluding hydrogens is 336 g/mol. The van der Waals surface area contributed by atoms with Gasteiger partial charge in [-0.05, 0) is 43.5 Å². The summed E-state index contributed by atoms with van der Waals surface area (Å²) in [6, 6.07) is 17.1. The average molecular weight is 364 g/mol. The lowest BCUT2D eigenvalue weighted by Gasteiger charge is -2.37. The summed E-state index contributed by atoms with van der Waals surface area (Å²) in [6.07, 6.45) is 0.792. The quantitative estimate of drug-likeness (QED) is 0.879. The highest BCUT2D eigenvalue weighted by molar-refractivity contribution is 5.82. The number of nitrogens with zero attached hydrogens (tertiary/aromatic N) is 2. The van der Waals surface area contributed by atoms with Crippen molar-refractivity contribution in [3.63, 3.8) is 0 Å². The summed E-state index contributed by atoms with van der Waals surface area (Å²) < 4.78 is 0. The molecule has 142 valence electrons. The van der Waals surface area contributed by atoms with Crippen molar-refractivity contribution in [2.24, 2.45) is 0 Å². The summed E-state index contributed by atoms with van der Waals surface area (Å²) in [6.45, 7) is 7.53. The summed E-state index contributed by atoms with van der Waals surface area (Å²) in [5, 5.41) is 0. The van der Waals surface area contributed by atoms with E-state index in [-0.39, 0.29) is 18.0 Å². The highest BCUT2D eigenvalue weighted by atomic mass is 16.2. The Kier molecular flexibility index (Phi) is 5.14. The Morgan fingerprint density at radius 3 is 2.37 bits per heavy atom. The number of carbonyl (C=O) groups is 1. The van der Waals surface area contributed by atoms with Gasteiger partial charge in [0.1, 0.15) is 6.04 Å². The number of nitrogens with one attached hydrogen (secondary N) is 2. The molecule has 2 aliphatic heterocycles. The Morgan fingerprint density at radius 1 is 0.926 bits per heavy atom. The Labute approximate surface area is 161 Å². The lowest BCUT2D eigenvalue weighted by Crippen LogP contribution is -2.53. The Balaban J connectivity index is 1.32. The average Bonchev–Trinajstić information content (AvgIpc) is 3.18. The number of carbonyl (C=O) groups excluding carboxylic acids is 1. The number of rotatable bonds is 3. The van der Waals surface area contributed by atoms with Crippen LogP contribution >= 0.6 is 0 Å². The predicted octanol–water partition coefficient (Wildman–Crippen LogP) is 2.56. The van der Waals surface area contributed by atoms with Gasteiger partial charge < -0.3 is 9.80 Å². The summed E-state index contributed by atoms with van der Waals surface area (Å²) in [4.78, 5) is 17.3. The molecule has 27 heavy (non-hydrogen) atoms. The molecular formula is C22H28N4O. The molecule has 2 aromatic carbocycles. The number of benzene rings is 2. The van der Waals surface area contributed by atoms with E-state index in [2.05, 4.69) is 78.1 Å². The van der Waals surface area contributed by atoms with Crippen molar-refractivity contribution in [1.82, 2.24) is 15.8 Å². The summed E-state index contributed by atoms with van der Waals surface area (Å²) in [5.41, 5.74) is 11.5. The maximum Gasteiger partial charge on any atom is 0.241 e. The van der Waals surface area contributed by atoms with Crippen molar-refractivity contribution in [2.45, 2.75) is 32.4 Å². The molecule has 0 aliphatic carbocycles. The second-order valence-corrected chi connectivity index (χ2v) is 7.69. The highest BCUT2D eigenvalue weighted by Gasteiger charge is 2.34. The Morgan fingerprint density at radius 2 is 1.67 bits per heavy atom. The smallest absolute Gasteiger partial charge is 0.241 e. The van der Waals surface area contributed by atoms with Crippen LogP contribution in [0.2, 0.25) is 0 Å². The zero-order valence-corrected chi connectivity index (χ0v) is 16.1. The summed E-state index contributed by atoms with van der Waals surface area (Å²) in [7, 11) is 0. The third-order valence-electron chi connectivity index (χ3n) is 5.64. The minimum Gasteiger partial charge on any atom is -0.368 e. The molecule has 2 saturated heterocycles. The first kappa shape index (κ1) is 18.0. The number of hydrazine groups is 1. The lowest BCUT2D eigenvalue weighted by atomic mass is 10.0. The summed E-state index contributed by atoms with van der Waals surface area (Å²) in [5.74, 6) is 0.209. The van der Waals surface area contributed by atoms with Gasteiger partial charge in [-0.25, -0.2) is 10.9 Å². The molecule has 2 aromatic rings. The van der Waals surface area contributed by atoms with E-state index >= 15 is 0 Å². The number of anilines is 1. The fourth-order valence-electron chi connectivity index (χ4n) is 3.97. The fraction of sp³-hybridized carbons (Fsp3) is 0.409. The van der Waals surface area contributed by atoms with Crippen molar-refractivity contribution >= 4 is 11.6 Å².